The molecule has 2 atom stereocenters. The lowest BCUT2D eigenvalue weighted by Crippen LogP contribution is -2.48. The molecular weight excluding hydrogens is 316 g/mol. The fourth-order valence-electron chi connectivity index (χ4n) is 4.11. The van der Waals surface area contributed by atoms with Crippen molar-refractivity contribution in [3.8, 4) is 0 Å². The molecule has 0 saturated carbocycles. The molecule has 1 aromatic heterocycles. The number of carbonyl (C=O) groups excluding carboxylic acids is 1. The molecule has 3 heterocycles. The number of nitrogens with zero attached hydrogens (tertiary/aromatic N) is 5. The Morgan fingerprint density at radius 1 is 1.24 bits per heavy atom. The molecule has 0 aliphatic carbocycles. The third kappa shape index (κ3) is 4.93. The van der Waals surface area contributed by atoms with Gasteiger partial charge in [0.15, 0.2) is 5.82 Å². The van der Waals surface area contributed by atoms with Gasteiger partial charge in [0.05, 0.1) is 6.04 Å². The Bertz CT molecular complexity index is 552. The number of aryl methyl sites for hydroxylation is 1. The van der Waals surface area contributed by atoms with Crippen LogP contribution in [0.1, 0.15) is 57.3 Å². The Hall–Kier alpha value is -1.63. The van der Waals surface area contributed by atoms with E-state index in [2.05, 4.69) is 20.4 Å². The minimum Gasteiger partial charge on any atom is -0.328 e. The maximum atomic E-state index is 12.7. The van der Waals surface area contributed by atoms with Gasteiger partial charge in [0.1, 0.15) is 6.33 Å². The molecule has 25 heavy (non-hydrogen) atoms. The Labute approximate surface area is 150 Å². The van der Waals surface area contributed by atoms with Gasteiger partial charge in [-0.1, -0.05) is 12.8 Å². The smallest absolute Gasteiger partial charge is 0.317 e. The van der Waals surface area contributed by atoms with Gasteiger partial charge < -0.3 is 19.7 Å². The molecule has 2 unspecified atom stereocenters. The molecule has 7 nitrogen and oxygen atoms in total. The minimum absolute atomic E-state index is 0.0241. The Morgan fingerprint density at radius 2 is 2.00 bits per heavy atom. The molecule has 2 amide bonds. The highest BCUT2D eigenvalue weighted by atomic mass is 16.2. The van der Waals surface area contributed by atoms with Crippen LogP contribution in [0.3, 0.4) is 0 Å². The van der Waals surface area contributed by atoms with Gasteiger partial charge in [0, 0.05) is 26.7 Å². The summed E-state index contributed by atoms with van der Waals surface area (Å²) in [4.78, 5) is 17.2. The lowest BCUT2D eigenvalue weighted by atomic mass is 9.97. The maximum Gasteiger partial charge on any atom is 0.317 e. The fourth-order valence-corrected chi connectivity index (χ4v) is 4.11. The van der Waals surface area contributed by atoms with Crippen molar-refractivity contribution in [1.82, 2.24) is 29.9 Å². The number of carbonyl (C=O) groups is 1. The summed E-state index contributed by atoms with van der Waals surface area (Å²) in [6.07, 6.45) is 9.39. The molecule has 2 aliphatic rings. The number of urea groups is 1. The lowest BCUT2D eigenvalue weighted by Gasteiger charge is -2.36. The predicted octanol–water partition coefficient (Wildman–Crippen LogP) is 2.17. The van der Waals surface area contributed by atoms with Gasteiger partial charge >= 0.3 is 6.03 Å². The van der Waals surface area contributed by atoms with Crippen LogP contribution in [0.25, 0.3) is 0 Å². The number of piperidine rings is 1. The first-order chi connectivity index (χ1) is 12.1. The van der Waals surface area contributed by atoms with Gasteiger partial charge in [-0.2, -0.15) is 0 Å². The van der Waals surface area contributed by atoms with Crippen molar-refractivity contribution < 1.29 is 4.79 Å². The Balaban J connectivity index is 1.50. The van der Waals surface area contributed by atoms with Crippen LogP contribution in [0, 0.1) is 5.92 Å². The SMILES string of the molecule is CC(NC(=O)N1CCCC(CN2CCCCCC2)C1)c1nncn1C. The average molecular weight is 348 g/mol. The third-order valence-corrected chi connectivity index (χ3v) is 5.49. The van der Waals surface area contributed by atoms with E-state index in [4.69, 9.17) is 0 Å². The van der Waals surface area contributed by atoms with E-state index in [0.29, 0.717) is 5.92 Å². The van der Waals surface area contributed by atoms with Crippen molar-refractivity contribution in [2.45, 2.75) is 51.5 Å². The number of hydrogen-bond acceptors (Lipinski definition) is 4. The molecule has 0 bridgehead atoms. The van der Waals surface area contributed by atoms with Crippen LogP contribution < -0.4 is 5.32 Å². The number of aromatic nitrogens is 3. The van der Waals surface area contributed by atoms with Gasteiger partial charge in [-0.05, 0) is 51.6 Å². The van der Waals surface area contributed by atoms with E-state index in [0.717, 1.165) is 31.9 Å². The highest BCUT2D eigenvalue weighted by Crippen LogP contribution is 2.20. The van der Waals surface area contributed by atoms with Crippen molar-refractivity contribution in [3.05, 3.63) is 12.2 Å². The number of nitrogens with one attached hydrogen (secondary N) is 1. The van der Waals surface area contributed by atoms with Gasteiger partial charge in [-0.3, -0.25) is 0 Å². The summed E-state index contributed by atoms with van der Waals surface area (Å²) in [7, 11) is 1.90. The molecular formula is C18H32N6O. The van der Waals surface area contributed by atoms with Crippen LogP contribution in [0.2, 0.25) is 0 Å². The second-order valence-electron chi connectivity index (χ2n) is 7.64. The van der Waals surface area contributed by atoms with E-state index in [1.54, 1.807) is 6.33 Å². The summed E-state index contributed by atoms with van der Waals surface area (Å²) < 4.78 is 1.85. The molecule has 140 valence electrons. The van der Waals surface area contributed by atoms with Gasteiger partial charge in [0.2, 0.25) is 0 Å². The zero-order valence-corrected chi connectivity index (χ0v) is 15.7. The highest BCUT2D eigenvalue weighted by Gasteiger charge is 2.26. The van der Waals surface area contributed by atoms with Crippen LogP contribution in [0.15, 0.2) is 6.33 Å². The maximum absolute atomic E-state index is 12.7. The monoisotopic (exact) mass is 348 g/mol. The van der Waals surface area contributed by atoms with Gasteiger partial charge in [0.25, 0.3) is 0 Å². The first-order valence-electron chi connectivity index (χ1n) is 9.75. The average Bonchev–Trinajstić information content (AvgIpc) is 2.87. The van der Waals surface area contributed by atoms with Crippen molar-refractivity contribution in [1.29, 1.82) is 0 Å². The van der Waals surface area contributed by atoms with E-state index in [1.807, 2.05) is 23.4 Å². The molecule has 2 aliphatic heterocycles. The second-order valence-corrected chi connectivity index (χ2v) is 7.64. The third-order valence-electron chi connectivity index (χ3n) is 5.49. The van der Waals surface area contributed by atoms with E-state index in [1.165, 1.54) is 45.2 Å². The highest BCUT2D eigenvalue weighted by molar-refractivity contribution is 5.74. The van der Waals surface area contributed by atoms with Crippen molar-refractivity contribution in [2.75, 3.05) is 32.7 Å². The van der Waals surface area contributed by atoms with Crippen LogP contribution in [0.4, 0.5) is 4.79 Å². The second kappa shape index (κ2) is 8.65. The summed E-state index contributed by atoms with van der Waals surface area (Å²) in [5.74, 6) is 1.38. The molecule has 0 aromatic carbocycles. The molecule has 0 spiro atoms. The van der Waals surface area contributed by atoms with E-state index in [9.17, 15) is 4.79 Å². The topological polar surface area (TPSA) is 66.3 Å². The van der Waals surface area contributed by atoms with E-state index < -0.39 is 0 Å². The zero-order chi connectivity index (χ0) is 17.6. The molecule has 3 rings (SSSR count). The summed E-state index contributed by atoms with van der Waals surface area (Å²) in [6.45, 7) is 7.28. The van der Waals surface area contributed by atoms with Gasteiger partial charge in [-0.15, -0.1) is 10.2 Å². The first-order valence-corrected chi connectivity index (χ1v) is 9.75. The molecule has 0 radical (unpaired) electrons. The molecule has 1 aromatic rings. The van der Waals surface area contributed by atoms with Crippen LogP contribution in [-0.4, -0.2) is 63.3 Å². The first kappa shape index (κ1) is 18.2. The summed E-state index contributed by atoms with van der Waals surface area (Å²) in [5, 5.41) is 11.1. The summed E-state index contributed by atoms with van der Waals surface area (Å²) >= 11 is 0. The quantitative estimate of drug-likeness (QED) is 0.906. The van der Waals surface area contributed by atoms with Crippen molar-refractivity contribution in [3.63, 3.8) is 0 Å². The van der Waals surface area contributed by atoms with Crippen LogP contribution >= 0.6 is 0 Å². The van der Waals surface area contributed by atoms with Crippen LogP contribution in [0.5, 0.6) is 0 Å². The minimum atomic E-state index is -0.133. The largest absolute Gasteiger partial charge is 0.328 e. The van der Waals surface area contributed by atoms with Crippen LogP contribution in [-0.2, 0) is 7.05 Å². The fraction of sp³-hybridized carbons (Fsp3) is 0.833. The number of amides is 2. The molecule has 2 fully saturated rings. The zero-order valence-electron chi connectivity index (χ0n) is 15.7. The number of likely N-dealkylation sites (tertiary alicyclic amines) is 2. The summed E-state index contributed by atoms with van der Waals surface area (Å²) in [5.41, 5.74) is 0. The van der Waals surface area contributed by atoms with E-state index in [-0.39, 0.29) is 12.1 Å². The molecule has 1 N–H and O–H groups in total. The van der Waals surface area contributed by atoms with Crippen molar-refractivity contribution in [2.24, 2.45) is 13.0 Å². The lowest BCUT2D eigenvalue weighted by molar-refractivity contribution is 0.138. The molecule has 2 saturated heterocycles. The normalized spacial score (nSPS) is 23.9. The van der Waals surface area contributed by atoms with Crippen molar-refractivity contribution >= 4 is 6.03 Å². The predicted molar refractivity (Wildman–Crippen MR) is 97.2 cm³/mol. The Kier molecular flexibility index (Phi) is 6.29. The summed E-state index contributed by atoms with van der Waals surface area (Å²) in [6, 6.07) is -0.109. The number of rotatable bonds is 4. The van der Waals surface area contributed by atoms with Gasteiger partial charge in [-0.25, -0.2) is 4.79 Å². The molecule has 7 heteroatoms. The van der Waals surface area contributed by atoms with E-state index >= 15 is 0 Å². The standard InChI is InChI=1S/C18H32N6O/c1-15(17-21-19-14-22(17)2)20-18(25)24-11-7-8-16(13-24)12-23-9-5-3-4-6-10-23/h14-16H,3-13H2,1-2H3,(H,20,25). The Morgan fingerprint density at radius 3 is 2.68 bits per heavy atom. The number of hydrogen-bond donors (Lipinski definition) is 1.